The van der Waals surface area contributed by atoms with Crippen LogP contribution in [0.15, 0.2) is 45.7 Å². The number of Topliss-reactive ketones (excluding diaryl/α,β-unsaturated/α-hetero) is 1. The Kier molecular flexibility index (Phi) is 5.11. The van der Waals surface area contributed by atoms with Gasteiger partial charge in [0.2, 0.25) is 0 Å². The summed E-state index contributed by atoms with van der Waals surface area (Å²) in [6.45, 7) is 2.14. The Bertz CT molecular complexity index is 952. The van der Waals surface area contributed by atoms with Gasteiger partial charge in [-0.15, -0.1) is 0 Å². The first kappa shape index (κ1) is 18.0. The Labute approximate surface area is 161 Å². The van der Waals surface area contributed by atoms with Gasteiger partial charge in [-0.2, -0.15) is 0 Å². The number of ketones is 1. The van der Waals surface area contributed by atoms with Crippen LogP contribution < -0.4 is 10.9 Å². The Morgan fingerprint density at radius 1 is 1.22 bits per heavy atom. The topological polar surface area (TPSA) is 87.7 Å². The summed E-state index contributed by atoms with van der Waals surface area (Å²) in [5, 5.41) is 3.92. The van der Waals surface area contributed by atoms with E-state index in [1.165, 1.54) is 0 Å². The van der Waals surface area contributed by atoms with Crippen LogP contribution >= 0.6 is 11.8 Å². The number of nitrogens with zero attached hydrogens (tertiary/aromatic N) is 2. The fraction of sp³-hybridized carbons (Fsp3) is 0.400. The molecule has 0 fully saturated rings. The van der Waals surface area contributed by atoms with Crippen LogP contribution in [-0.2, 0) is 4.79 Å². The van der Waals surface area contributed by atoms with Crippen molar-refractivity contribution in [1.82, 2.24) is 15.0 Å². The van der Waals surface area contributed by atoms with E-state index in [1.54, 1.807) is 24.2 Å². The third-order valence-corrected chi connectivity index (χ3v) is 5.97. The molecule has 2 N–H and O–H groups in total. The average molecular weight is 382 g/mol. The number of hydrogen-bond acceptors (Lipinski definition) is 6. The van der Waals surface area contributed by atoms with E-state index in [-0.39, 0.29) is 11.3 Å². The molecule has 140 valence electrons. The van der Waals surface area contributed by atoms with Gasteiger partial charge in [-0.1, -0.05) is 25.1 Å². The lowest BCUT2D eigenvalue weighted by molar-refractivity contribution is -0.116. The smallest absolute Gasteiger partial charge is 0.257 e. The molecule has 2 aromatic rings. The predicted molar refractivity (Wildman–Crippen MR) is 106 cm³/mol. The molecule has 0 saturated carbocycles. The number of unbranched alkanes of at least 4 members (excludes halogenated alkanes) is 1. The third kappa shape index (κ3) is 3.43. The van der Waals surface area contributed by atoms with Crippen molar-refractivity contribution in [3.63, 3.8) is 0 Å². The van der Waals surface area contributed by atoms with Gasteiger partial charge in [0, 0.05) is 41.8 Å². The molecule has 0 spiro atoms. The van der Waals surface area contributed by atoms with Crippen LogP contribution in [0.5, 0.6) is 0 Å². The highest BCUT2D eigenvalue weighted by Crippen LogP contribution is 2.43. The molecule has 0 radical (unpaired) electrons. The monoisotopic (exact) mass is 382 g/mol. The van der Waals surface area contributed by atoms with Gasteiger partial charge in [0.05, 0.1) is 5.56 Å². The van der Waals surface area contributed by atoms with E-state index in [9.17, 15) is 9.59 Å². The molecule has 1 aliphatic heterocycles. The summed E-state index contributed by atoms with van der Waals surface area (Å²) in [7, 11) is 0. The molecule has 4 rings (SSSR count). The van der Waals surface area contributed by atoms with Gasteiger partial charge in [-0.05, 0) is 37.0 Å². The van der Waals surface area contributed by atoms with Crippen molar-refractivity contribution in [2.45, 2.75) is 50.1 Å². The second kappa shape index (κ2) is 7.68. The lowest BCUT2D eigenvalue weighted by Crippen LogP contribution is -2.32. The van der Waals surface area contributed by atoms with E-state index in [0.29, 0.717) is 28.5 Å². The fourth-order valence-electron chi connectivity index (χ4n) is 3.71. The molecule has 0 bridgehead atoms. The van der Waals surface area contributed by atoms with Gasteiger partial charge < -0.3 is 10.3 Å². The minimum atomic E-state index is -0.391. The van der Waals surface area contributed by atoms with Crippen LogP contribution in [0.25, 0.3) is 0 Å². The molecule has 0 aromatic carbocycles. The maximum Gasteiger partial charge on any atom is 0.257 e. The number of aromatic amines is 1. The molecule has 1 atom stereocenters. The summed E-state index contributed by atoms with van der Waals surface area (Å²) in [6, 6.07) is 3.74. The van der Waals surface area contributed by atoms with Crippen molar-refractivity contribution in [2.24, 2.45) is 0 Å². The highest BCUT2D eigenvalue weighted by Gasteiger charge is 2.37. The predicted octanol–water partition coefficient (Wildman–Crippen LogP) is 3.62. The molecule has 0 amide bonds. The number of aromatic nitrogens is 3. The zero-order chi connectivity index (χ0) is 18.8. The second-order valence-corrected chi connectivity index (χ2v) is 7.93. The quantitative estimate of drug-likeness (QED) is 0.466. The van der Waals surface area contributed by atoms with E-state index in [4.69, 9.17) is 0 Å². The van der Waals surface area contributed by atoms with Crippen LogP contribution in [0.1, 0.15) is 56.1 Å². The maximum absolute atomic E-state index is 13.0. The van der Waals surface area contributed by atoms with E-state index in [1.807, 2.05) is 12.1 Å². The van der Waals surface area contributed by atoms with E-state index >= 15 is 0 Å². The standard InChI is InChI=1S/C20H22N4O2S/c1-2-3-11-27-20-23-18-17(19(26)24-20)15(12-7-9-21-10-8-12)16-13(22-18)5-4-6-14(16)25/h7-10,15H,2-6,11H2,1H3,(H2,22,23,24,26)/t15-/m0/s1. The van der Waals surface area contributed by atoms with Gasteiger partial charge in [0.25, 0.3) is 5.56 Å². The highest BCUT2D eigenvalue weighted by molar-refractivity contribution is 7.99. The molecule has 1 aliphatic carbocycles. The van der Waals surface area contributed by atoms with Crippen molar-refractivity contribution in [3.8, 4) is 0 Å². The third-order valence-electron chi connectivity index (χ3n) is 5.01. The zero-order valence-electron chi connectivity index (χ0n) is 15.2. The summed E-state index contributed by atoms with van der Waals surface area (Å²) in [5.41, 5.74) is 2.85. The van der Waals surface area contributed by atoms with Gasteiger partial charge in [0.1, 0.15) is 5.82 Å². The summed E-state index contributed by atoms with van der Waals surface area (Å²) < 4.78 is 0. The number of hydrogen-bond donors (Lipinski definition) is 2. The van der Waals surface area contributed by atoms with Crippen LogP contribution in [0.3, 0.4) is 0 Å². The van der Waals surface area contributed by atoms with E-state index < -0.39 is 5.92 Å². The SMILES string of the molecule is CCCCSc1nc2c(c(=O)[nH]1)[C@@H](c1ccncc1)C1=C(CCCC1=O)N2. The largest absolute Gasteiger partial charge is 0.343 e. The number of rotatable bonds is 5. The normalized spacial score (nSPS) is 18.7. The average Bonchev–Trinajstić information content (AvgIpc) is 2.67. The number of fused-ring (bicyclic) bond motifs is 1. The van der Waals surface area contributed by atoms with Crippen LogP contribution in [-0.4, -0.2) is 26.5 Å². The lowest BCUT2D eigenvalue weighted by atomic mass is 9.77. The number of H-pyrrole nitrogens is 1. The number of thioether (sulfide) groups is 1. The van der Waals surface area contributed by atoms with Crippen LogP contribution in [0, 0.1) is 0 Å². The van der Waals surface area contributed by atoms with Gasteiger partial charge in [0.15, 0.2) is 10.9 Å². The molecule has 3 heterocycles. The van der Waals surface area contributed by atoms with Crippen molar-refractivity contribution < 1.29 is 4.79 Å². The number of carbonyl (C=O) groups is 1. The zero-order valence-corrected chi connectivity index (χ0v) is 16.1. The molecule has 2 aliphatic rings. The molecular formula is C20H22N4O2S. The van der Waals surface area contributed by atoms with E-state index in [2.05, 4.69) is 27.2 Å². The Balaban J connectivity index is 1.83. The first-order valence-electron chi connectivity index (χ1n) is 9.39. The number of allylic oxidation sites excluding steroid dienone is 2. The fourth-order valence-corrected chi connectivity index (χ4v) is 4.66. The van der Waals surface area contributed by atoms with Gasteiger partial charge in [-0.25, -0.2) is 4.98 Å². The molecular weight excluding hydrogens is 360 g/mol. The van der Waals surface area contributed by atoms with Crippen molar-refractivity contribution in [3.05, 3.63) is 57.3 Å². The van der Waals surface area contributed by atoms with Gasteiger partial charge in [-0.3, -0.25) is 14.6 Å². The summed E-state index contributed by atoms with van der Waals surface area (Å²) in [5.74, 6) is 1.21. The number of nitrogens with one attached hydrogen (secondary N) is 2. The molecule has 27 heavy (non-hydrogen) atoms. The minimum Gasteiger partial charge on any atom is -0.343 e. The molecule has 0 unspecified atom stereocenters. The van der Waals surface area contributed by atoms with Gasteiger partial charge >= 0.3 is 0 Å². The van der Waals surface area contributed by atoms with Crippen LogP contribution in [0.4, 0.5) is 5.82 Å². The second-order valence-electron chi connectivity index (χ2n) is 6.84. The Morgan fingerprint density at radius 2 is 2.04 bits per heavy atom. The first-order valence-corrected chi connectivity index (χ1v) is 10.4. The summed E-state index contributed by atoms with van der Waals surface area (Å²) in [4.78, 5) is 37.4. The number of carbonyl (C=O) groups excluding carboxylic acids is 1. The Hall–Kier alpha value is -2.41. The maximum atomic E-state index is 13.0. The first-order chi connectivity index (χ1) is 13.2. The van der Waals surface area contributed by atoms with E-state index in [0.717, 1.165) is 42.7 Å². The molecule has 2 aromatic heterocycles. The number of pyridine rings is 1. The van der Waals surface area contributed by atoms with Crippen molar-refractivity contribution in [2.75, 3.05) is 11.1 Å². The summed E-state index contributed by atoms with van der Waals surface area (Å²) in [6.07, 6.45) is 7.71. The molecule has 0 saturated heterocycles. The highest BCUT2D eigenvalue weighted by atomic mass is 32.2. The molecule has 6 nitrogen and oxygen atoms in total. The Morgan fingerprint density at radius 3 is 2.81 bits per heavy atom. The summed E-state index contributed by atoms with van der Waals surface area (Å²) >= 11 is 1.56. The lowest BCUT2D eigenvalue weighted by Gasteiger charge is -2.32. The minimum absolute atomic E-state index is 0.108. The van der Waals surface area contributed by atoms with Crippen molar-refractivity contribution >= 4 is 23.4 Å². The number of anilines is 1. The van der Waals surface area contributed by atoms with Crippen molar-refractivity contribution in [1.29, 1.82) is 0 Å². The van der Waals surface area contributed by atoms with Crippen LogP contribution in [0.2, 0.25) is 0 Å². The molecule has 7 heteroatoms.